The van der Waals surface area contributed by atoms with E-state index in [1.807, 2.05) is 54.6 Å². The van der Waals surface area contributed by atoms with Crippen LogP contribution in [0.5, 0.6) is 5.75 Å². The van der Waals surface area contributed by atoms with Crippen molar-refractivity contribution in [3.05, 3.63) is 90.0 Å². The molecule has 1 heterocycles. The molecule has 0 bridgehead atoms. The molecule has 29 heavy (non-hydrogen) atoms. The highest BCUT2D eigenvalue weighted by atomic mass is 16.5. The summed E-state index contributed by atoms with van der Waals surface area (Å²) in [6.45, 7) is -0.388. The number of hydrogen-bond acceptors (Lipinski definition) is 5. The normalized spacial score (nSPS) is 16.5. The molecule has 6 heteroatoms. The predicted octanol–water partition coefficient (Wildman–Crippen LogP) is 3.87. The van der Waals surface area contributed by atoms with Gasteiger partial charge in [-0.3, -0.25) is 0 Å². The van der Waals surface area contributed by atoms with E-state index < -0.39 is 12.2 Å². The van der Waals surface area contributed by atoms with Crippen molar-refractivity contribution >= 4 is 28.6 Å². The molecule has 3 aromatic carbocycles. The van der Waals surface area contributed by atoms with Crippen LogP contribution in [-0.4, -0.2) is 29.0 Å². The molecule has 0 fully saturated rings. The molecule has 6 nitrogen and oxygen atoms in total. The van der Waals surface area contributed by atoms with E-state index in [9.17, 15) is 9.90 Å². The van der Waals surface area contributed by atoms with Crippen LogP contribution in [0.3, 0.4) is 0 Å². The Morgan fingerprint density at radius 1 is 0.966 bits per heavy atom. The van der Waals surface area contributed by atoms with Crippen molar-refractivity contribution in [2.75, 3.05) is 17.2 Å². The number of anilines is 2. The van der Waals surface area contributed by atoms with Gasteiger partial charge in [0.25, 0.3) is 0 Å². The van der Waals surface area contributed by atoms with E-state index in [1.54, 1.807) is 24.3 Å². The molecule has 0 radical (unpaired) electrons. The fraction of sp³-hybridized carbons (Fsp3) is 0.0870. The van der Waals surface area contributed by atoms with Crippen LogP contribution in [0.1, 0.15) is 11.1 Å². The van der Waals surface area contributed by atoms with Crippen molar-refractivity contribution in [3.8, 4) is 5.75 Å². The van der Waals surface area contributed by atoms with Crippen molar-refractivity contribution in [3.63, 3.8) is 0 Å². The van der Waals surface area contributed by atoms with Gasteiger partial charge in [0.2, 0.25) is 0 Å². The number of aliphatic hydroxyl groups is 1. The standard InChI is InChI=1S/C23H20N2O4/c26-20(27)14-29-17-12-10-16(11-13-17)24-22(15-6-2-1-3-7-15)21-18-8-4-5-9-19(18)25-23(21)28/h1-13,23-25,28H,14H2,(H,26,27)/b22-21-. The summed E-state index contributed by atoms with van der Waals surface area (Å²) < 4.78 is 5.19. The number of benzene rings is 3. The van der Waals surface area contributed by atoms with Gasteiger partial charge in [0, 0.05) is 22.5 Å². The topological polar surface area (TPSA) is 90.8 Å². The lowest BCUT2D eigenvalue weighted by Crippen LogP contribution is -2.16. The molecule has 0 saturated heterocycles. The number of aliphatic hydroxyl groups excluding tert-OH is 1. The van der Waals surface area contributed by atoms with Gasteiger partial charge in [0.15, 0.2) is 12.8 Å². The first kappa shape index (κ1) is 18.6. The number of nitrogens with one attached hydrogen (secondary N) is 2. The molecule has 3 aromatic rings. The van der Waals surface area contributed by atoms with Gasteiger partial charge in [-0.2, -0.15) is 0 Å². The molecule has 1 atom stereocenters. The first-order valence-corrected chi connectivity index (χ1v) is 9.17. The Morgan fingerprint density at radius 3 is 2.38 bits per heavy atom. The lowest BCUT2D eigenvalue weighted by atomic mass is 9.99. The molecule has 0 aromatic heterocycles. The van der Waals surface area contributed by atoms with Crippen molar-refractivity contribution in [1.29, 1.82) is 0 Å². The zero-order valence-corrected chi connectivity index (χ0v) is 15.5. The number of carboxylic acid groups (broad SMARTS) is 1. The van der Waals surface area contributed by atoms with Crippen molar-refractivity contribution in [1.82, 2.24) is 0 Å². The Kier molecular flexibility index (Phi) is 5.18. The number of ether oxygens (including phenoxy) is 1. The largest absolute Gasteiger partial charge is 0.482 e. The van der Waals surface area contributed by atoms with E-state index in [0.29, 0.717) is 5.75 Å². The second-order valence-corrected chi connectivity index (χ2v) is 6.58. The number of fused-ring (bicyclic) bond motifs is 1. The van der Waals surface area contributed by atoms with Crippen LogP contribution in [0.4, 0.5) is 11.4 Å². The molecule has 1 unspecified atom stereocenters. The second-order valence-electron chi connectivity index (χ2n) is 6.58. The number of aliphatic carboxylic acids is 1. The molecule has 1 aliphatic heterocycles. The van der Waals surface area contributed by atoms with E-state index in [1.165, 1.54) is 0 Å². The number of para-hydroxylation sites is 1. The smallest absolute Gasteiger partial charge is 0.341 e. The molecule has 0 spiro atoms. The molecule has 4 N–H and O–H groups in total. The van der Waals surface area contributed by atoms with E-state index in [-0.39, 0.29) is 6.61 Å². The lowest BCUT2D eigenvalue weighted by Gasteiger charge is -2.18. The maximum atomic E-state index is 10.7. The molecule has 146 valence electrons. The van der Waals surface area contributed by atoms with Crippen LogP contribution in [0.15, 0.2) is 78.9 Å². The fourth-order valence-electron chi connectivity index (χ4n) is 3.31. The SMILES string of the molecule is O=C(O)COc1ccc(N/C(=C2/c3ccccc3NC2O)c2ccccc2)cc1. The zero-order chi connectivity index (χ0) is 20.2. The molecule has 1 aliphatic rings. The van der Waals surface area contributed by atoms with Gasteiger partial charge in [0.05, 0.1) is 5.70 Å². The maximum absolute atomic E-state index is 10.7. The third kappa shape index (κ3) is 4.07. The monoisotopic (exact) mass is 388 g/mol. The van der Waals surface area contributed by atoms with Crippen LogP contribution in [0.25, 0.3) is 11.3 Å². The quantitative estimate of drug-likeness (QED) is 0.512. The average Bonchev–Trinajstić information content (AvgIpc) is 3.07. The van der Waals surface area contributed by atoms with E-state index >= 15 is 0 Å². The van der Waals surface area contributed by atoms with Crippen molar-refractivity contribution < 1.29 is 19.7 Å². The van der Waals surface area contributed by atoms with Crippen LogP contribution >= 0.6 is 0 Å². The minimum Gasteiger partial charge on any atom is -0.482 e. The highest BCUT2D eigenvalue weighted by molar-refractivity contribution is 6.03. The molecule has 0 saturated carbocycles. The zero-order valence-electron chi connectivity index (χ0n) is 15.5. The summed E-state index contributed by atoms with van der Waals surface area (Å²) in [4.78, 5) is 10.6. The van der Waals surface area contributed by atoms with Gasteiger partial charge in [-0.1, -0.05) is 48.5 Å². The number of hydrogen-bond donors (Lipinski definition) is 4. The molecule has 0 amide bonds. The van der Waals surface area contributed by atoms with Gasteiger partial charge < -0.3 is 25.6 Å². The number of rotatable bonds is 6. The van der Waals surface area contributed by atoms with Crippen molar-refractivity contribution in [2.24, 2.45) is 0 Å². The number of carboxylic acids is 1. The van der Waals surface area contributed by atoms with Crippen LogP contribution in [-0.2, 0) is 4.79 Å². The lowest BCUT2D eigenvalue weighted by molar-refractivity contribution is -0.139. The fourth-order valence-corrected chi connectivity index (χ4v) is 3.31. The van der Waals surface area contributed by atoms with Gasteiger partial charge in [-0.05, 0) is 35.9 Å². The Labute approximate surface area is 168 Å². The van der Waals surface area contributed by atoms with Crippen LogP contribution in [0.2, 0.25) is 0 Å². The van der Waals surface area contributed by atoms with Crippen molar-refractivity contribution in [2.45, 2.75) is 6.23 Å². The summed E-state index contributed by atoms with van der Waals surface area (Å²) in [5, 5.41) is 25.9. The summed E-state index contributed by atoms with van der Waals surface area (Å²) in [6.07, 6.45) is -0.840. The maximum Gasteiger partial charge on any atom is 0.341 e. The van der Waals surface area contributed by atoms with Gasteiger partial charge in [-0.25, -0.2) is 4.79 Å². The Hall–Kier alpha value is -3.77. The third-order valence-electron chi connectivity index (χ3n) is 4.60. The highest BCUT2D eigenvalue weighted by Crippen LogP contribution is 2.39. The van der Waals surface area contributed by atoms with Gasteiger partial charge >= 0.3 is 5.97 Å². The Morgan fingerprint density at radius 2 is 1.66 bits per heavy atom. The minimum atomic E-state index is -1.02. The Balaban J connectivity index is 1.71. The van der Waals surface area contributed by atoms with Gasteiger partial charge in [-0.15, -0.1) is 0 Å². The molecular weight excluding hydrogens is 368 g/mol. The predicted molar refractivity (Wildman–Crippen MR) is 113 cm³/mol. The second kappa shape index (κ2) is 8.08. The first-order chi connectivity index (χ1) is 14.1. The van der Waals surface area contributed by atoms with E-state index in [0.717, 1.165) is 33.8 Å². The van der Waals surface area contributed by atoms with E-state index in [4.69, 9.17) is 9.84 Å². The Bertz CT molecular complexity index is 1050. The summed E-state index contributed by atoms with van der Waals surface area (Å²) in [6, 6.07) is 24.6. The number of carbonyl (C=O) groups is 1. The van der Waals surface area contributed by atoms with Gasteiger partial charge in [0.1, 0.15) is 5.75 Å². The van der Waals surface area contributed by atoms with Crippen LogP contribution in [0, 0.1) is 0 Å². The highest BCUT2D eigenvalue weighted by Gasteiger charge is 2.28. The van der Waals surface area contributed by atoms with Crippen LogP contribution < -0.4 is 15.4 Å². The minimum absolute atomic E-state index is 0.388. The molecule has 4 rings (SSSR count). The third-order valence-corrected chi connectivity index (χ3v) is 4.60. The van der Waals surface area contributed by atoms with E-state index in [2.05, 4.69) is 10.6 Å². The average molecular weight is 388 g/mol. The summed E-state index contributed by atoms with van der Waals surface area (Å²) in [5.74, 6) is -0.551. The first-order valence-electron chi connectivity index (χ1n) is 9.17. The molecule has 0 aliphatic carbocycles. The summed E-state index contributed by atoms with van der Waals surface area (Å²) in [5.41, 5.74) is 5.09. The summed E-state index contributed by atoms with van der Waals surface area (Å²) in [7, 11) is 0. The summed E-state index contributed by atoms with van der Waals surface area (Å²) >= 11 is 0. The molecular formula is C23H20N2O4.